The Bertz CT molecular complexity index is 1370. The van der Waals surface area contributed by atoms with Crippen LogP contribution in [0.4, 0.5) is 0 Å². The Hall–Kier alpha value is 1.76. The fourth-order valence-corrected chi connectivity index (χ4v) is 60.2. The third kappa shape index (κ3) is 5.55. The summed E-state index contributed by atoms with van der Waals surface area (Å²) in [5.41, 5.74) is 13.9. The summed E-state index contributed by atoms with van der Waals surface area (Å²) in [5.74, 6) is 0.573. The fourth-order valence-electron chi connectivity index (χ4n) is 7.56. The molecule has 2 aliphatic carbocycles. The van der Waals surface area contributed by atoms with Crippen molar-refractivity contribution in [2.75, 3.05) is 36.5 Å². The molecule has 0 aromatic heterocycles. The van der Waals surface area contributed by atoms with Gasteiger partial charge >= 0.3 is 275 Å². The van der Waals surface area contributed by atoms with Gasteiger partial charge in [-0.2, -0.15) is 0 Å². The molecular formula is C32H47Cl2I2S2SiZr+2. The van der Waals surface area contributed by atoms with E-state index in [0.29, 0.717) is 21.8 Å². The summed E-state index contributed by atoms with van der Waals surface area (Å²) in [7, 11) is 18.8. The van der Waals surface area contributed by atoms with Crippen molar-refractivity contribution in [1.29, 1.82) is 0 Å². The normalized spacial score (nSPS) is 21.6. The van der Waals surface area contributed by atoms with Gasteiger partial charge in [0.2, 0.25) is 0 Å². The maximum atomic E-state index is 9.05. The summed E-state index contributed by atoms with van der Waals surface area (Å²) >= 11 is 5.70. The second-order valence-electron chi connectivity index (χ2n) is 13.7. The van der Waals surface area contributed by atoms with Crippen molar-refractivity contribution in [3.63, 3.8) is 0 Å². The SMILES string of the molecule is Cc1cc(C)c2c(c1)[CH]([Zr]([Cl])([Cl])([I])([I])([CH]1C(CC[S+](C)C)=Cc3c(C)cc(C)cc31)[SiH](C)C)C(CC[S+](C)C)=C2. The number of aryl methyl sites for hydroxylation is 4. The zero-order valence-electron chi connectivity index (χ0n) is 25.9. The summed E-state index contributed by atoms with van der Waals surface area (Å²) in [5, 5.41) is 0. The van der Waals surface area contributed by atoms with Crippen LogP contribution in [0.3, 0.4) is 0 Å². The van der Waals surface area contributed by atoms with Gasteiger partial charge in [-0.15, -0.1) is 0 Å². The monoisotopic (exact) mass is 937 g/mol. The van der Waals surface area contributed by atoms with E-state index in [2.05, 4.69) is 138 Å². The predicted molar refractivity (Wildman–Crippen MR) is 209 cm³/mol. The minimum absolute atomic E-state index is 0.0618. The van der Waals surface area contributed by atoms with E-state index in [1.807, 2.05) is 0 Å². The van der Waals surface area contributed by atoms with Crippen LogP contribution in [0.5, 0.6) is 0 Å². The first-order valence-corrected chi connectivity index (χ1v) is 49.7. The molecule has 0 fully saturated rings. The van der Waals surface area contributed by atoms with E-state index < -0.39 is 10.1 Å². The molecule has 0 heterocycles. The van der Waals surface area contributed by atoms with Crippen molar-refractivity contribution in [3.05, 3.63) is 79.9 Å². The molecule has 8 heteroatoms. The average Bonchev–Trinajstić information content (AvgIpc) is 3.36. The molecule has 0 saturated heterocycles. The molecule has 0 saturated carbocycles. The van der Waals surface area contributed by atoms with Crippen molar-refractivity contribution in [3.8, 4) is 0 Å². The zero-order chi connectivity index (χ0) is 30.1. The van der Waals surface area contributed by atoms with Gasteiger partial charge in [0, 0.05) is 0 Å². The Labute approximate surface area is 270 Å². The molecule has 4 rings (SSSR count). The Balaban J connectivity index is 2.15. The van der Waals surface area contributed by atoms with Crippen LogP contribution in [0, 0.1) is 27.7 Å². The van der Waals surface area contributed by atoms with Crippen LogP contribution in [0.1, 0.15) is 64.6 Å². The van der Waals surface area contributed by atoms with Crippen molar-refractivity contribution in [2.24, 2.45) is 0 Å². The van der Waals surface area contributed by atoms with Gasteiger partial charge in [-0.05, 0) is 0 Å². The van der Waals surface area contributed by atoms with Gasteiger partial charge in [0.05, 0.1) is 0 Å². The minimum atomic E-state index is -5.96. The topological polar surface area (TPSA) is 0 Å². The summed E-state index contributed by atoms with van der Waals surface area (Å²) < 4.78 is -5.84. The standard InChI is InChI=1S/2C15H20S.C2H7Si.2ClH.2HI.Zr/c2*1-11-7-12(2)15-10-13(5-6-16(3)4)9-14(15)8-11;1-3-2;;;;;/h2*7-10H,5-6H2,1-4H3;3H,1-2H3;4*1H;/q2*+1;;;;;;+4/p-4. The number of hydrogen-bond acceptors (Lipinski definition) is 0. The Morgan fingerprint density at radius 3 is 1.35 bits per heavy atom. The predicted octanol–water partition coefficient (Wildman–Crippen LogP) is 10.8. The van der Waals surface area contributed by atoms with Gasteiger partial charge < -0.3 is 0 Å². The number of allylic oxidation sites excluding steroid dienone is 2. The summed E-state index contributed by atoms with van der Waals surface area (Å²) in [4.78, 5) is 0. The van der Waals surface area contributed by atoms with E-state index in [4.69, 9.17) is 17.0 Å². The Morgan fingerprint density at radius 1 is 0.700 bits per heavy atom. The van der Waals surface area contributed by atoms with Crippen LogP contribution < -0.4 is 0 Å². The average molecular weight is 940 g/mol. The molecule has 2 aromatic rings. The molecule has 0 bridgehead atoms. The first kappa shape index (κ1) is 34.6. The van der Waals surface area contributed by atoms with E-state index in [0.717, 1.165) is 12.8 Å². The molecule has 40 heavy (non-hydrogen) atoms. The van der Waals surface area contributed by atoms with Gasteiger partial charge in [-0.3, -0.25) is 0 Å². The van der Waals surface area contributed by atoms with Crippen molar-refractivity contribution < 1.29 is 4.21 Å². The van der Waals surface area contributed by atoms with E-state index in [1.54, 1.807) is 0 Å². The van der Waals surface area contributed by atoms with Crippen molar-refractivity contribution in [1.82, 2.24) is 0 Å². The Kier molecular flexibility index (Phi) is 9.23. The maximum absolute atomic E-state index is 9.05. The Morgan fingerprint density at radius 2 is 1.05 bits per heavy atom. The molecular weight excluding hydrogens is 893 g/mol. The zero-order valence-corrected chi connectivity index (χ0v) is 36.9. The van der Waals surface area contributed by atoms with E-state index in [1.165, 1.54) is 67.2 Å². The molecule has 221 valence electrons. The van der Waals surface area contributed by atoms with Crippen LogP contribution in [0.15, 0.2) is 35.4 Å². The molecule has 0 amide bonds. The van der Waals surface area contributed by atoms with Crippen LogP contribution >= 0.6 is 53.1 Å². The molecule has 0 radical (unpaired) electrons. The van der Waals surface area contributed by atoms with E-state index in [-0.39, 0.29) is 7.25 Å². The molecule has 2 aromatic carbocycles. The van der Waals surface area contributed by atoms with Crippen LogP contribution in [-0.2, 0) is 26.0 Å². The molecule has 0 spiro atoms. The number of hydrogen-bond donors (Lipinski definition) is 0. The van der Waals surface area contributed by atoms with Crippen LogP contribution in [-0.4, -0.2) is 42.5 Å². The van der Waals surface area contributed by atoms with E-state index in [9.17, 15) is 0 Å². The third-order valence-corrected chi connectivity index (χ3v) is 132. The first-order chi connectivity index (χ1) is 18.1. The van der Waals surface area contributed by atoms with Gasteiger partial charge in [0.15, 0.2) is 0 Å². The second-order valence-corrected chi connectivity index (χ2v) is 156. The van der Waals surface area contributed by atoms with Crippen molar-refractivity contribution >= 4 is 93.0 Å². The van der Waals surface area contributed by atoms with Crippen LogP contribution in [0.2, 0.25) is 13.1 Å². The quantitative estimate of drug-likeness (QED) is 0.134. The van der Waals surface area contributed by atoms with Gasteiger partial charge in [0.1, 0.15) is 0 Å². The molecule has 0 aliphatic heterocycles. The fraction of sp³-hybridized carbons (Fsp3) is 0.500. The van der Waals surface area contributed by atoms with Crippen molar-refractivity contribution in [2.45, 2.75) is 60.9 Å². The van der Waals surface area contributed by atoms with Gasteiger partial charge in [-0.25, -0.2) is 0 Å². The van der Waals surface area contributed by atoms with Gasteiger partial charge in [0.25, 0.3) is 0 Å². The molecule has 2 atom stereocenters. The second kappa shape index (κ2) is 10.7. The van der Waals surface area contributed by atoms with Gasteiger partial charge in [-0.1, -0.05) is 0 Å². The number of benzene rings is 2. The molecule has 0 nitrogen and oxygen atoms in total. The third-order valence-electron chi connectivity index (χ3n) is 9.83. The number of fused-ring (bicyclic) bond motifs is 2. The van der Waals surface area contributed by atoms with E-state index >= 15 is 0 Å². The van der Waals surface area contributed by atoms with Crippen LogP contribution in [0.25, 0.3) is 12.2 Å². The summed E-state index contributed by atoms with van der Waals surface area (Å²) in [6.07, 6.45) is 16.6. The molecule has 2 aliphatic rings. The summed E-state index contributed by atoms with van der Waals surface area (Å²) in [6, 6.07) is 9.55. The number of rotatable bonds is 9. The first-order valence-electron chi connectivity index (χ1n) is 14.3. The molecule has 2 unspecified atom stereocenters. The molecule has 0 N–H and O–H groups in total. The number of halogens is 4. The summed E-state index contributed by atoms with van der Waals surface area (Å²) in [6.45, 7) is 14.0.